The number of carbonyl (C=O) groups excluding carboxylic acids is 1. The van der Waals surface area contributed by atoms with Crippen molar-refractivity contribution in [3.63, 3.8) is 0 Å². The molecule has 0 radical (unpaired) electrons. The van der Waals surface area contributed by atoms with Gasteiger partial charge in [0.05, 0.1) is 0 Å². The van der Waals surface area contributed by atoms with Gasteiger partial charge < -0.3 is 4.90 Å². The smallest absolute Gasteiger partial charge is 0.335 e. The number of fused-ring (bicyclic) bond motifs is 1. The van der Waals surface area contributed by atoms with Gasteiger partial charge >= 0.3 is 6.18 Å². The molecule has 0 aliphatic heterocycles. The van der Waals surface area contributed by atoms with Gasteiger partial charge in [-0.25, -0.2) is 0 Å². The van der Waals surface area contributed by atoms with E-state index in [9.17, 15) is 18.0 Å². The summed E-state index contributed by atoms with van der Waals surface area (Å²) in [5.74, 6) is -1.72. The Balaban J connectivity index is 1.85. The summed E-state index contributed by atoms with van der Waals surface area (Å²) < 4.78 is 38.8. The van der Waals surface area contributed by atoms with Crippen LogP contribution in [0.15, 0.2) is 30.3 Å². The molecule has 0 bridgehead atoms. The van der Waals surface area contributed by atoms with Crippen molar-refractivity contribution in [1.82, 2.24) is 24.7 Å². The van der Waals surface area contributed by atoms with E-state index in [1.807, 2.05) is 30.3 Å². The highest BCUT2D eigenvalue weighted by atomic mass is 32.1. The molecule has 3 rings (SSSR count). The maximum absolute atomic E-state index is 12.8. The van der Waals surface area contributed by atoms with Gasteiger partial charge in [-0.05, 0) is 5.56 Å². The Morgan fingerprint density at radius 1 is 1.26 bits per heavy atom. The summed E-state index contributed by atoms with van der Waals surface area (Å²) in [6.07, 6.45) is -4.68. The highest BCUT2D eigenvalue weighted by molar-refractivity contribution is 7.18. The van der Waals surface area contributed by atoms with Crippen molar-refractivity contribution in [3.05, 3.63) is 46.7 Å². The summed E-state index contributed by atoms with van der Waals surface area (Å²) in [6.45, 7) is 0.325. The normalized spacial score (nSPS) is 11.8. The Kier molecular flexibility index (Phi) is 3.76. The van der Waals surface area contributed by atoms with Crippen LogP contribution in [0.25, 0.3) is 4.96 Å². The van der Waals surface area contributed by atoms with Crippen LogP contribution in [0.4, 0.5) is 13.2 Å². The first kappa shape index (κ1) is 15.4. The average Bonchev–Trinajstić information content (AvgIpc) is 3.06. The molecule has 0 aliphatic rings. The molecule has 23 heavy (non-hydrogen) atoms. The Morgan fingerprint density at radius 3 is 2.61 bits per heavy atom. The number of hydrogen-bond acceptors (Lipinski definition) is 5. The van der Waals surface area contributed by atoms with Crippen molar-refractivity contribution in [3.8, 4) is 0 Å². The van der Waals surface area contributed by atoms with Gasteiger partial charge in [-0.15, -0.1) is 15.3 Å². The topological polar surface area (TPSA) is 63.4 Å². The zero-order valence-corrected chi connectivity index (χ0v) is 12.6. The molecular weight excluding hydrogens is 331 g/mol. The second-order valence-electron chi connectivity index (χ2n) is 4.77. The second-order valence-corrected chi connectivity index (χ2v) is 5.73. The van der Waals surface area contributed by atoms with Crippen LogP contribution in [0.1, 0.15) is 21.2 Å². The van der Waals surface area contributed by atoms with Gasteiger partial charge in [0, 0.05) is 13.6 Å². The molecule has 2 aromatic heterocycles. The van der Waals surface area contributed by atoms with E-state index in [1.54, 1.807) is 7.05 Å². The number of benzene rings is 1. The number of hydrogen-bond donors (Lipinski definition) is 0. The number of nitrogens with zero attached hydrogens (tertiary/aromatic N) is 5. The fraction of sp³-hybridized carbons (Fsp3) is 0.231. The third-order valence-electron chi connectivity index (χ3n) is 3.04. The van der Waals surface area contributed by atoms with Crippen LogP contribution in [0.5, 0.6) is 0 Å². The van der Waals surface area contributed by atoms with Gasteiger partial charge in [0.25, 0.3) is 11.7 Å². The highest BCUT2D eigenvalue weighted by Crippen LogP contribution is 2.29. The summed E-state index contributed by atoms with van der Waals surface area (Å²) in [7, 11) is 1.56. The van der Waals surface area contributed by atoms with Gasteiger partial charge in [-0.2, -0.15) is 17.7 Å². The quantitative estimate of drug-likeness (QED) is 0.734. The number of aromatic nitrogens is 4. The first-order valence-corrected chi connectivity index (χ1v) is 7.27. The lowest BCUT2D eigenvalue weighted by Gasteiger charge is -2.15. The van der Waals surface area contributed by atoms with E-state index < -0.39 is 17.9 Å². The van der Waals surface area contributed by atoms with Crippen LogP contribution in [0.3, 0.4) is 0 Å². The molecule has 1 amide bonds. The minimum absolute atomic E-state index is 0.0705. The minimum atomic E-state index is -4.68. The lowest BCUT2D eigenvalue weighted by Crippen LogP contribution is -2.26. The van der Waals surface area contributed by atoms with E-state index in [0.29, 0.717) is 11.1 Å². The largest absolute Gasteiger partial charge is 0.453 e. The molecule has 2 heterocycles. The van der Waals surface area contributed by atoms with Gasteiger partial charge in [0.2, 0.25) is 9.97 Å². The van der Waals surface area contributed by atoms with Gasteiger partial charge in [-0.1, -0.05) is 41.7 Å². The molecule has 0 N–H and O–H groups in total. The second kappa shape index (κ2) is 5.61. The van der Waals surface area contributed by atoms with Crippen LogP contribution in [-0.2, 0) is 12.7 Å². The van der Waals surface area contributed by atoms with Crippen molar-refractivity contribution in [2.75, 3.05) is 7.05 Å². The summed E-state index contributed by atoms with van der Waals surface area (Å²) in [5.41, 5.74) is 0.905. The zero-order chi connectivity index (χ0) is 16.6. The Labute approximate surface area is 132 Å². The maximum Gasteiger partial charge on any atom is 0.453 e. The summed E-state index contributed by atoms with van der Waals surface area (Å²) >= 11 is 0.768. The monoisotopic (exact) mass is 341 g/mol. The molecule has 0 fully saturated rings. The van der Waals surface area contributed by atoms with E-state index in [-0.39, 0.29) is 9.97 Å². The maximum atomic E-state index is 12.8. The van der Waals surface area contributed by atoms with Crippen molar-refractivity contribution < 1.29 is 18.0 Å². The lowest BCUT2D eigenvalue weighted by molar-refractivity contribution is -0.146. The molecule has 10 heteroatoms. The third-order valence-corrected chi connectivity index (χ3v) is 3.92. The van der Waals surface area contributed by atoms with Crippen LogP contribution in [0.2, 0.25) is 0 Å². The first-order chi connectivity index (χ1) is 10.9. The fourth-order valence-corrected chi connectivity index (χ4v) is 2.81. The lowest BCUT2D eigenvalue weighted by atomic mass is 10.2. The van der Waals surface area contributed by atoms with Crippen molar-refractivity contribution in [1.29, 1.82) is 0 Å². The standard InChI is InChI=1S/C13H10F3N5OS/c1-20(7-8-5-3-2-4-6-8)10(22)9-19-21-11(13(14,15)16)17-18-12(21)23-9/h2-6H,7H2,1H3. The van der Waals surface area contributed by atoms with E-state index in [2.05, 4.69) is 15.3 Å². The molecule has 0 spiro atoms. The third kappa shape index (κ3) is 3.02. The van der Waals surface area contributed by atoms with Gasteiger partial charge in [0.1, 0.15) is 0 Å². The van der Waals surface area contributed by atoms with E-state index in [1.165, 1.54) is 4.90 Å². The zero-order valence-electron chi connectivity index (χ0n) is 11.8. The Bertz CT molecular complexity index is 842. The van der Waals surface area contributed by atoms with Crippen LogP contribution >= 0.6 is 11.3 Å². The van der Waals surface area contributed by atoms with Crippen molar-refractivity contribution >= 4 is 22.2 Å². The number of rotatable bonds is 3. The summed E-state index contributed by atoms with van der Waals surface area (Å²) in [6, 6.07) is 9.24. The Morgan fingerprint density at radius 2 is 1.96 bits per heavy atom. The van der Waals surface area contributed by atoms with Crippen molar-refractivity contribution in [2.45, 2.75) is 12.7 Å². The van der Waals surface area contributed by atoms with E-state index >= 15 is 0 Å². The van der Waals surface area contributed by atoms with Crippen LogP contribution in [-0.4, -0.2) is 37.7 Å². The fourth-order valence-electron chi connectivity index (χ4n) is 1.97. The first-order valence-electron chi connectivity index (χ1n) is 6.45. The van der Waals surface area contributed by atoms with Crippen molar-refractivity contribution in [2.24, 2.45) is 0 Å². The SMILES string of the molecule is CN(Cc1ccccc1)C(=O)c1nn2c(C(F)(F)F)nnc2s1. The molecular formula is C13H10F3N5OS. The predicted octanol–water partition coefficient (Wildman–Crippen LogP) is 2.48. The van der Waals surface area contributed by atoms with E-state index in [0.717, 1.165) is 16.9 Å². The molecule has 0 unspecified atom stereocenters. The molecule has 120 valence electrons. The highest BCUT2D eigenvalue weighted by Gasteiger charge is 2.38. The molecule has 0 atom stereocenters. The molecule has 0 saturated carbocycles. The average molecular weight is 341 g/mol. The number of halogens is 3. The van der Waals surface area contributed by atoms with Crippen LogP contribution < -0.4 is 0 Å². The molecule has 1 aromatic carbocycles. The number of alkyl halides is 3. The summed E-state index contributed by atoms with van der Waals surface area (Å²) in [4.78, 5) is 13.6. The Hall–Kier alpha value is -2.49. The molecule has 6 nitrogen and oxygen atoms in total. The van der Waals surface area contributed by atoms with Crippen LogP contribution in [0, 0.1) is 0 Å². The number of carbonyl (C=O) groups is 1. The summed E-state index contributed by atoms with van der Waals surface area (Å²) in [5, 5.41) is 10.1. The molecule has 3 aromatic rings. The van der Waals surface area contributed by atoms with E-state index in [4.69, 9.17) is 0 Å². The predicted molar refractivity (Wildman–Crippen MR) is 75.9 cm³/mol. The minimum Gasteiger partial charge on any atom is -0.335 e. The number of amides is 1. The van der Waals surface area contributed by atoms with Gasteiger partial charge in [0.15, 0.2) is 0 Å². The molecule has 0 saturated heterocycles. The van der Waals surface area contributed by atoms with Gasteiger partial charge in [-0.3, -0.25) is 4.79 Å². The molecule has 0 aliphatic carbocycles.